The molecule has 4 aromatic rings. The van der Waals surface area contributed by atoms with E-state index in [1.165, 1.54) is 25.3 Å². The summed E-state index contributed by atoms with van der Waals surface area (Å²) in [4.78, 5) is 30.8. The lowest BCUT2D eigenvalue weighted by molar-refractivity contribution is -0.116. The lowest BCUT2D eigenvalue weighted by atomic mass is 10.1. The molecule has 4 rings (SSSR count). The van der Waals surface area contributed by atoms with Crippen molar-refractivity contribution < 1.29 is 18.5 Å². The van der Waals surface area contributed by atoms with Gasteiger partial charge < -0.3 is 4.52 Å². The molecule has 0 atom stereocenters. The molecule has 0 aliphatic carbocycles. The van der Waals surface area contributed by atoms with Crippen LogP contribution in [0.15, 0.2) is 71.4 Å². The normalized spacial score (nSPS) is 11.4. The second kappa shape index (κ2) is 10.6. The lowest BCUT2D eigenvalue weighted by Gasteiger charge is -2.33. The molecule has 0 spiro atoms. The Morgan fingerprint density at radius 1 is 1.03 bits per heavy atom. The van der Waals surface area contributed by atoms with Gasteiger partial charge in [0.1, 0.15) is 17.3 Å². The van der Waals surface area contributed by atoms with Gasteiger partial charge in [0, 0.05) is 30.3 Å². The number of pyridine rings is 1. The van der Waals surface area contributed by atoms with E-state index in [0.29, 0.717) is 26.9 Å². The summed E-state index contributed by atoms with van der Waals surface area (Å²) >= 11 is 25.7. The van der Waals surface area contributed by atoms with Gasteiger partial charge in [-0.2, -0.15) is 0 Å². The van der Waals surface area contributed by atoms with Crippen LogP contribution in [0.4, 0.5) is 10.2 Å². The van der Waals surface area contributed by atoms with Crippen LogP contribution in [0.3, 0.4) is 0 Å². The number of ketones is 1. The minimum absolute atomic E-state index is 0.0369. The van der Waals surface area contributed by atoms with E-state index in [0.717, 1.165) is 17.0 Å². The fourth-order valence-corrected chi connectivity index (χ4v) is 4.81. The van der Waals surface area contributed by atoms with Crippen LogP contribution in [0.1, 0.15) is 23.7 Å². The van der Waals surface area contributed by atoms with Crippen molar-refractivity contribution in [3.05, 3.63) is 88.3 Å². The summed E-state index contributed by atoms with van der Waals surface area (Å²) in [5.41, 5.74) is 1.34. The summed E-state index contributed by atoms with van der Waals surface area (Å²) in [6.07, 6.45) is 0.941. The molecule has 2 aromatic carbocycles. The number of nitrogens with zero attached hydrogens (tertiary/aromatic N) is 3. The van der Waals surface area contributed by atoms with Crippen molar-refractivity contribution in [3.63, 3.8) is 0 Å². The second-order valence-corrected chi connectivity index (χ2v) is 9.93. The average molecular weight is 567 g/mol. The first-order valence-electron chi connectivity index (χ1n) is 10.4. The van der Waals surface area contributed by atoms with E-state index in [1.807, 2.05) is 0 Å². The van der Waals surface area contributed by atoms with Crippen LogP contribution >= 0.6 is 46.4 Å². The third kappa shape index (κ3) is 5.39. The molecule has 2 heterocycles. The van der Waals surface area contributed by atoms with E-state index in [2.05, 4.69) is 10.1 Å². The highest BCUT2D eigenvalue weighted by Gasteiger charge is 2.40. The Balaban J connectivity index is 1.72. The number of benzene rings is 2. The zero-order valence-corrected chi connectivity index (χ0v) is 21.5. The first kappa shape index (κ1) is 26.1. The molecule has 1 amide bonds. The van der Waals surface area contributed by atoms with E-state index < -0.39 is 28.4 Å². The number of amides is 1. The summed E-state index contributed by atoms with van der Waals surface area (Å²) in [6, 6.07) is 14.8. The maximum atomic E-state index is 13.3. The summed E-state index contributed by atoms with van der Waals surface area (Å²) in [5, 5.41) is 4.81. The molecule has 0 fully saturated rings. The van der Waals surface area contributed by atoms with Crippen molar-refractivity contribution in [2.24, 2.45) is 0 Å². The Morgan fingerprint density at radius 2 is 1.69 bits per heavy atom. The van der Waals surface area contributed by atoms with E-state index >= 15 is 0 Å². The molecular weight excluding hydrogens is 551 g/mol. The number of rotatable bonds is 7. The first-order chi connectivity index (χ1) is 17.1. The molecule has 0 bridgehead atoms. The number of carbonyl (C=O) groups is 2. The number of aromatic nitrogens is 2. The van der Waals surface area contributed by atoms with Gasteiger partial charge in [0.2, 0.25) is 10.4 Å². The smallest absolute Gasteiger partial charge is 0.227 e. The van der Waals surface area contributed by atoms with Crippen molar-refractivity contribution in [1.82, 2.24) is 10.1 Å². The number of hydrogen-bond donors (Lipinski definition) is 0. The van der Waals surface area contributed by atoms with E-state index in [-0.39, 0.29) is 17.1 Å². The summed E-state index contributed by atoms with van der Waals surface area (Å²) in [6.45, 7) is 1.23. The Morgan fingerprint density at radius 3 is 2.33 bits per heavy atom. The predicted molar refractivity (Wildman–Crippen MR) is 138 cm³/mol. The van der Waals surface area contributed by atoms with E-state index in [9.17, 15) is 14.0 Å². The standard InChI is InChI=1S/C25H16Cl4FN3O3/c1-14(34)33(25(28,29)13-21(35)15-7-9-16(30)10-8-15)24-17(4-3-11-31-24)22-12-20(32-36-22)23-18(26)5-2-6-19(23)27/h2-12H,13H2,1H3. The zero-order chi connectivity index (χ0) is 26.0. The average Bonchev–Trinajstić information content (AvgIpc) is 3.28. The largest absolute Gasteiger partial charge is 0.356 e. The molecule has 0 N–H and O–H groups in total. The molecule has 0 aliphatic heterocycles. The Bertz CT molecular complexity index is 1420. The molecule has 0 saturated heterocycles. The minimum Gasteiger partial charge on any atom is -0.356 e. The number of anilines is 1. The van der Waals surface area contributed by atoms with Crippen molar-refractivity contribution in [2.75, 3.05) is 4.90 Å². The predicted octanol–water partition coefficient (Wildman–Crippen LogP) is 7.61. The summed E-state index contributed by atoms with van der Waals surface area (Å²) < 4.78 is 16.7. The Kier molecular flexibility index (Phi) is 7.66. The summed E-state index contributed by atoms with van der Waals surface area (Å²) in [7, 11) is 0. The molecule has 6 nitrogen and oxygen atoms in total. The van der Waals surface area contributed by atoms with Crippen LogP contribution in [0.25, 0.3) is 22.6 Å². The number of Topliss-reactive ketones (excluding diaryl/α,β-unsaturated/α-hetero) is 1. The van der Waals surface area contributed by atoms with Crippen LogP contribution in [0.5, 0.6) is 0 Å². The SMILES string of the molecule is CC(=O)N(c1ncccc1-c1cc(-c2c(Cl)cccc2Cl)no1)C(Cl)(Cl)CC(=O)c1ccc(F)cc1. The van der Waals surface area contributed by atoms with Gasteiger partial charge in [-0.25, -0.2) is 9.37 Å². The fraction of sp³-hybridized carbons (Fsp3) is 0.120. The monoisotopic (exact) mass is 565 g/mol. The van der Waals surface area contributed by atoms with Gasteiger partial charge in [-0.15, -0.1) is 0 Å². The van der Waals surface area contributed by atoms with E-state index in [4.69, 9.17) is 50.9 Å². The quantitative estimate of drug-likeness (QED) is 0.131. The van der Waals surface area contributed by atoms with Gasteiger partial charge in [0.15, 0.2) is 11.5 Å². The van der Waals surface area contributed by atoms with E-state index in [1.54, 1.807) is 36.4 Å². The molecule has 0 radical (unpaired) electrons. The topological polar surface area (TPSA) is 76.3 Å². The van der Waals surface area contributed by atoms with Crippen LogP contribution in [0.2, 0.25) is 10.0 Å². The molecule has 0 saturated carbocycles. The van der Waals surface area contributed by atoms with Crippen molar-refractivity contribution >= 4 is 63.9 Å². The highest BCUT2D eigenvalue weighted by molar-refractivity contribution is 6.52. The van der Waals surface area contributed by atoms with Crippen LogP contribution in [0, 0.1) is 5.82 Å². The van der Waals surface area contributed by atoms with Gasteiger partial charge in [0.05, 0.1) is 22.0 Å². The molecule has 2 aromatic heterocycles. The van der Waals surface area contributed by atoms with Crippen LogP contribution in [-0.4, -0.2) is 26.3 Å². The van der Waals surface area contributed by atoms with Gasteiger partial charge in [-0.3, -0.25) is 14.5 Å². The summed E-state index contributed by atoms with van der Waals surface area (Å²) in [5.74, 6) is -1.32. The number of alkyl halides is 2. The lowest BCUT2D eigenvalue weighted by Crippen LogP contribution is -2.45. The first-order valence-corrected chi connectivity index (χ1v) is 11.9. The Labute approximate surface area is 225 Å². The number of hydrogen-bond acceptors (Lipinski definition) is 5. The van der Waals surface area contributed by atoms with Crippen molar-refractivity contribution in [3.8, 4) is 22.6 Å². The zero-order valence-electron chi connectivity index (χ0n) is 18.5. The number of halogens is 5. The van der Waals surface area contributed by atoms with Gasteiger partial charge in [-0.05, 0) is 48.5 Å². The second-order valence-electron chi connectivity index (χ2n) is 7.67. The Hall–Kier alpha value is -2.97. The third-order valence-electron chi connectivity index (χ3n) is 5.17. The molecule has 11 heteroatoms. The molecule has 0 unspecified atom stereocenters. The minimum atomic E-state index is -2.03. The molecule has 184 valence electrons. The van der Waals surface area contributed by atoms with Crippen LogP contribution < -0.4 is 4.90 Å². The molecule has 36 heavy (non-hydrogen) atoms. The highest BCUT2D eigenvalue weighted by Crippen LogP contribution is 2.41. The molecule has 0 aliphatic rings. The fourth-order valence-electron chi connectivity index (χ4n) is 3.57. The molecular formula is C25H16Cl4FN3O3. The number of carbonyl (C=O) groups excluding carboxylic acids is 2. The van der Waals surface area contributed by atoms with Gasteiger partial charge in [0.25, 0.3) is 0 Å². The van der Waals surface area contributed by atoms with Crippen LogP contribution in [-0.2, 0) is 4.79 Å². The van der Waals surface area contributed by atoms with Crippen molar-refractivity contribution in [2.45, 2.75) is 17.8 Å². The van der Waals surface area contributed by atoms with Gasteiger partial charge >= 0.3 is 0 Å². The van der Waals surface area contributed by atoms with Crippen molar-refractivity contribution in [1.29, 1.82) is 0 Å². The maximum absolute atomic E-state index is 13.3. The maximum Gasteiger partial charge on any atom is 0.227 e. The van der Waals surface area contributed by atoms with Gasteiger partial charge in [-0.1, -0.05) is 57.6 Å². The highest BCUT2D eigenvalue weighted by atomic mass is 35.5. The third-order valence-corrected chi connectivity index (χ3v) is 6.41.